The van der Waals surface area contributed by atoms with Gasteiger partial charge in [0.05, 0.1) is 13.7 Å². The molecular weight excluding hydrogens is 462 g/mol. The molecule has 3 amide bonds. The molecule has 0 spiro atoms. The van der Waals surface area contributed by atoms with Crippen molar-refractivity contribution >= 4 is 29.4 Å². The summed E-state index contributed by atoms with van der Waals surface area (Å²) in [6.45, 7) is 8.53. The molecular formula is C27H27N3O6. The molecule has 0 aliphatic carbocycles. The van der Waals surface area contributed by atoms with Crippen molar-refractivity contribution in [3.63, 3.8) is 0 Å². The lowest BCUT2D eigenvalue weighted by atomic mass is 9.96. The zero-order chi connectivity index (χ0) is 25.8. The summed E-state index contributed by atoms with van der Waals surface area (Å²) in [5.74, 6) is -1.95. The van der Waals surface area contributed by atoms with Crippen LogP contribution < -0.4 is 10.6 Å². The second kappa shape index (κ2) is 10.6. The molecule has 1 fully saturated rings. The van der Waals surface area contributed by atoms with Gasteiger partial charge in [-0.25, -0.2) is 4.79 Å². The van der Waals surface area contributed by atoms with Gasteiger partial charge in [-0.15, -0.1) is 0 Å². The van der Waals surface area contributed by atoms with Gasteiger partial charge in [0.1, 0.15) is 11.4 Å². The fourth-order valence-corrected chi connectivity index (χ4v) is 4.26. The Bertz CT molecular complexity index is 1240. The molecule has 0 aromatic heterocycles. The first kappa shape index (κ1) is 24.9. The maximum Gasteiger partial charge on any atom is 0.353 e. The van der Waals surface area contributed by atoms with Gasteiger partial charge in [0.15, 0.2) is 0 Å². The lowest BCUT2D eigenvalue weighted by Crippen LogP contribution is -2.36. The first-order chi connectivity index (χ1) is 17.3. The minimum atomic E-state index is -0.790. The molecule has 0 atom stereocenters. The average Bonchev–Trinajstić information content (AvgIpc) is 3.25. The van der Waals surface area contributed by atoms with Crippen LogP contribution in [0.1, 0.15) is 28.8 Å². The summed E-state index contributed by atoms with van der Waals surface area (Å²) >= 11 is 0. The van der Waals surface area contributed by atoms with E-state index in [0.717, 1.165) is 16.7 Å². The van der Waals surface area contributed by atoms with Gasteiger partial charge in [-0.05, 0) is 47.7 Å². The summed E-state index contributed by atoms with van der Waals surface area (Å²) in [6, 6.07) is 12.8. The molecule has 9 nitrogen and oxygen atoms in total. The SMILES string of the molecule is C=C(NC(=O)C(=C)N1Cc2c(cccc2-c2ccc(NC(=O)C3CCOCC3)cc2)C1=O)C(=O)OC. The van der Waals surface area contributed by atoms with Gasteiger partial charge in [0.25, 0.3) is 11.8 Å². The number of anilines is 1. The highest BCUT2D eigenvalue weighted by Gasteiger charge is 2.33. The zero-order valence-electron chi connectivity index (χ0n) is 20.0. The summed E-state index contributed by atoms with van der Waals surface area (Å²) in [5, 5.41) is 5.26. The Morgan fingerprint density at radius 2 is 1.69 bits per heavy atom. The Morgan fingerprint density at radius 1 is 1.03 bits per heavy atom. The molecule has 2 aliphatic rings. The monoisotopic (exact) mass is 489 g/mol. The van der Waals surface area contributed by atoms with E-state index in [-0.39, 0.29) is 35.7 Å². The molecule has 4 rings (SSSR count). The Hall–Kier alpha value is -4.24. The van der Waals surface area contributed by atoms with E-state index in [1.165, 1.54) is 12.0 Å². The molecule has 36 heavy (non-hydrogen) atoms. The molecule has 2 aromatic carbocycles. The van der Waals surface area contributed by atoms with Crippen LogP contribution in [-0.2, 0) is 30.4 Å². The number of nitrogens with zero attached hydrogens (tertiary/aromatic N) is 1. The highest BCUT2D eigenvalue weighted by molar-refractivity contribution is 6.08. The van der Waals surface area contributed by atoms with E-state index in [1.807, 2.05) is 30.3 Å². The van der Waals surface area contributed by atoms with Crippen LogP contribution >= 0.6 is 0 Å². The second-order valence-electron chi connectivity index (χ2n) is 8.55. The number of fused-ring (bicyclic) bond motifs is 1. The van der Waals surface area contributed by atoms with E-state index in [0.29, 0.717) is 37.3 Å². The van der Waals surface area contributed by atoms with Gasteiger partial charge in [-0.2, -0.15) is 0 Å². The molecule has 0 saturated carbocycles. The lowest BCUT2D eigenvalue weighted by Gasteiger charge is -2.21. The van der Waals surface area contributed by atoms with Crippen LogP contribution in [0, 0.1) is 5.92 Å². The van der Waals surface area contributed by atoms with E-state index in [4.69, 9.17) is 4.74 Å². The molecule has 2 N–H and O–H groups in total. The smallest absolute Gasteiger partial charge is 0.353 e. The topological polar surface area (TPSA) is 114 Å². The van der Waals surface area contributed by atoms with Crippen LogP contribution in [0.5, 0.6) is 0 Å². The largest absolute Gasteiger partial charge is 0.464 e. The van der Waals surface area contributed by atoms with E-state index < -0.39 is 11.9 Å². The first-order valence-corrected chi connectivity index (χ1v) is 11.5. The fraction of sp³-hybridized carbons (Fsp3) is 0.259. The molecule has 1 saturated heterocycles. The third kappa shape index (κ3) is 5.06. The van der Waals surface area contributed by atoms with Crippen LogP contribution in [0.25, 0.3) is 11.1 Å². The van der Waals surface area contributed by atoms with Crippen LogP contribution in [0.3, 0.4) is 0 Å². The molecule has 2 aliphatic heterocycles. The highest BCUT2D eigenvalue weighted by Crippen LogP contribution is 2.34. The minimum absolute atomic E-state index is 0.0143. The van der Waals surface area contributed by atoms with Crippen LogP contribution in [0.15, 0.2) is 67.0 Å². The first-order valence-electron chi connectivity index (χ1n) is 11.5. The number of rotatable bonds is 7. The third-order valence-corrected chi connectivity index (χ3v) is 6.31. The predicted octanol–water partition coefficient (Wildman–Crippen LogP) is 2.99. The number of esters is 1. The Morgan fingerprint density at radius 3 is 2.36 bits per heavy atom. The van der Waals surface area contributed by atoms with E-state index in [1.54, 1.807) is 12.1 Å². The maximum absolute atomic E-state index is 13.0. The number of hydrogen-bond acceptors (Lipinski definition) is 6. The van der Waals surface area contributed by atoms with Crippen LogP contribution in [0.4, 0.5) is 5.69 Å². The number of methoxy groups -OCH3 is 1. The van der Waals surface area contributed by atoms with Gasteiger partial charge >= 0.3 is 5.97 Å². The van der Waals surface area contributed by atoms with Gasteiger partial charge in [0.2, 0.25) is 5.91 Å². The maximum atomic E-state index is 13.0. The van der Waals surface area contributed by atoms with Gasteiger partial charge in [-0.3, -0.25) is 19.3 Å². The van der Waals surface area contributed by atoms with Crippen LogP contribution in [0.2, 0.25) is 0 Å². The molecule has 9 heteroatoms. The summed E-state index contributed by atoms with van der Waals surface area (Å²) in [4.78, 5) is 50.9. The molecule has 2 heterocycles. The minimum Gasteiger partial charge on any atom is -0.464 e. The van der Waals surface area contributed by atoms with Gasteiger partial charge in [-0.1, -0.05) is 37.4 Å². The van der Waals surface area contributed by atoms with Crippen molar-refractivity contribution < 1.29 is 28.7 Å². The van der Waals surface area contributed by atoms with E-state index in [9.17, 15) is 19.2 Å². The zero-order valence-corrected chi connectivity index (χ0v) is 20.0. The van der Waals surface area contributed by atoms with E-state index >= 15 is 0 Å². The number of ether oxygens (including phenoxy) is 2. The number of nitrogens with one attached hydrogen (secondary N) is 2. The Labute approximate surface area is 208 Å². The highest BCUT2D eigenvalue weighted by atomic mass is 16.5. The Balaban J connectivity index is 1.48. The standard InChI is InChI=1S/C27H27N3O6/c1-16(27(34)35-3)28-24(31)17(2)30-15-23-21(5-4-6-22(23)26(30)33)18-7-9-20(10-8-18)29-25(32)19-11-13-36-14-12-19/h4-10,19H,1-2,11-15H2,3H3,(H,28,31)(H,29,32). The summed E-state index contributed by atoms with van der Waals surface area (Å²) < 4.78 is 9.84. The second-order valence-corrected chi connectivity index (χ2v) is 8.55. The van der Waals surface area contributed by atoms with Crippen LogP contribution in [-0.4, -0.2) is 48.9 Å². The average molecular weight is 490 g/mol. The summed E-state index contributed by atoms with van der Waals surface area (Å²) in [7, 11) is 1.17. The lowest BCUT2D eigenvalue weighted by molar-refractivity contribution is -0.137. The van der Waals surface area contributed by atoms with Gasteiger partial charge in [0, 0.05) is 30.4 Å². The number of carbonyl (C=O) groups excluding carboxylic acids is 4. The van der Waals surface area contributed by atoms with Crippen molar-refractivity contribution in [2.24, 2.45) is 5.92 Å². The Kier molecular flexibility index (Phi) is 7.30. The summed E-state index contributed by atoms with van der Waals surface area (Å²) in [5.41, 5.74) is 3.23. The predicted molar refractivity (Wildman–Crippen MR) is 132 cm³/mol. The van der Waals surface area contributed by atoms with Crippen molar-refractivity contribution in [3.8, 4) is 11.1 Å². The van der Waals surface area contributed by atoms with Crippen molar-refractivity contribution in [2.75, 3.05) is 25.6 Å². The normalized spacial score (nSPS) is 15.1. The molecule has 186 valence electrons. The van der Waals surface area contributed by atoms with Crippen molar-refractivity contribution in [2.45, 2.75) is 19.4 Å². The van der Waals surface area contributed by atoms with Crippen molar-refractivity contribution in [1.82, 2.24) is 10.2 Å². The summed E-state index contributed by atoms with van der Waals surface area (Å²) in [6.07, 6.45) is 1.43. The number of carbonyl (C=O) groups is 4. The molecule has 0 radical (unpaired) electrons. The molecule has 0 unspecified atom stereocenters. The number of amides is 3. The number of hydrogen-bond donors (Lipinski definition) is 2. The molecule has 2 aromatic rings. The van der Waals surface area contributed by atoms with E-state index in [2.05, 4.69) is 28.5 Å². The third-order valence-electron chi connectivity index (χ3n) is 6.31. The van der Waals surface area contributed by atoms with Crippen molar-refractivity contribution in [1.29, 1.82) is 0 Å². The fourth-order valence-electron chi connectivity index (χ4n) is 4.26. The quantitative estimate of drug-likeness (QED) is 0.457. The molecule has 0 bridgehead atoms. The number of benzene rings is 2. The van der Waals surface area contributed by atoms with Gasteiger partial charge < -0.3 is 20.1 Å². The van der Waals surface area contributed by atoms with Crippen molar-refractivity contribution in [3.05, 3.63) is 78.1 Å².